The van der Waals surface area contributed by atoms with Crippen molar-refractivity contribution in [2.24, 2.45) is 4.99 Å². The average molecular weight is 444 g/mol. The molecule has 0 saturated heterocycles. The van der Waals surface area contributed by atoms with Crippen molar-refractivity contribution in [3.05, 3.63) is 81.8 Å². The van der Waals surface area contributed by atoms with Gasteiger partial charge in [0.2, 0.25) is 0 Å². The molecular weight excluding hydrogens is 421 g/mol. The SMILES string of the molecule is CCCCCOC1=CC(=NC(=O)Cc2ccc(Cl)cc2Cl)C=CC1c1cccnn1. The van der Waals surface area contributed by atoms with Gasteiger partial charge in [0.05, 0.1) is 30.4 Å². The Hall–Kier alpha value is -2.50. The molecule has 5 nitrogen and oxygen atoms in total. The summed E-state index contributed by atoms with van der Waals surface area (Å²) < 4.78 is 6.03. The summed E-state index contributed by atoms with van der Waals surface area (Å²) in [5, 5.41) is 9.14. The molecule has 7 heteroatoms. The quantitative estimate of drug-likeness (QED) is 0.488. The average Bonchev–Trinajstić information content (AvgIpc) is 2.74. The number of nitrogens with zero attached hydrogens (tertiary/aromatic N) is 3. The molecule has 0 fully saturated rings. The van der Waals surface area contributed by atoms with E-state index in [4.69, 9.17) is 27.9 Å². The Labute approximate surface area is 186 Å². The summed E-state index contributed by atoms with van der Waals surface area (Å²) in [7, 11) is 0. The lowest BCUT2D eigenvalue weighted by molar-refractivity contribution is -0.117. The van der Waals surface area contributed by atoms with Crippen molar-refractivity contribution in [1.29, 1.82) is 0 Å². The van der Waals surface area contributed by atoms with E-state index in [1.165, 1.54) is 0 Å². The zero-order valence-corrected chi connectivity index (χ0v) is 18.2. The minimum absolute atomic E-state index is 0.0987. The molecule has 0 N–H and O–H groups in total. The number of carbonyl (C=O) groups excluding carboxylic acids is 1. The number of halogens is 2. The van der Waals surface area contributed by atoms with E-state index in [9.17, 15) is 4.79 Å². The lowest BCUT2D eigenvalue weighted by Crippen LogP contribution is -2.14. The lowest BCUT2D eigenvalue weighted by atomic mass is 9.96. The third kappa shape index (κ3) is 6.25. The number of aromatic nitrogens is 2. The van der Waals surface area contributed by atoms with Crippen LogP contribution in [-0.2, 0) is 16.0 Å². The summed E-state index contributed by atoms with van der Waals surface area (Å²) in [5.41, 5.74) is 2.01. The van der Waals surface area contributed by atoms with Crippen LogP contribution in [0.1, 0.15) is 43.4 Å². The highest BCUT2D eigenvalue weighted by Gasteiger charge is 2.21. The Bertz CT molecular complexity index is 972. The number of hydrogen-bond donors (Lipinski definition) is 0. The van der Waals surface area contributed by atoms with Gasteiger partial charge < -0.3 is 4.74 Å². The number of rotatable bonds is 8. The maximum Gasteiger partial charge on any atom is 0.250 e. The molecule has 1 atom stereocenters. The Morgan fingerprint density at radius 1 is 1.23 bits per heavy atom. The minimum atomic E-state index is -0.293. The number of hydrogen-bond acceptors (Lipinski definition) is 4. The number of carbonyl (C=O) groups is 1. The van der Waals surface area contributed by atoms with Gasteiger partial charge in [-0.2, -0.15) is 10.2 Å². The Morgan fingerprint density at radius 2 is 2.10 bits per heavy atom. The standard InChI is InChI=1S/C23H23Cl2N3O2/c1-2-3-4-12-30-22-15-18(9-10-19(22)21-6-5-11-26-28-21)27-23(29)13-16-7-8-17(24)14-20(16)25/h5-11,14-15,19H,2-4,12-13H2,1H3. The van der Waals surface area contributed by atoms with Crippen molar-refractivity contribution < 1.29 is 9.53 Å². The van der Waals surface area contributed by atoms with Crippen LogP contribution in [0.4, 0.5) is 0 Å². The van der Waals surface area contributed by atoms with Gasteiger partial charge in [0, 0.05) is 22.3 Å². The van der Waals surface area contributed by atoms with Gasteiger partial charge in [0.1, 0.15) is 5.76 Å². The highest BCUT2D eigenvalue weighted by atomic mass is 35.5. The molecule has 2 aromatic rings. The molecule has 1 heterocycles. The van der Waals surface area contributed by atoms with E-state index in [2.05, 4.69) is 22.1 Å². The molecule has 30 heavy (non-hydrogen) atoms. The summed E-state index contributed by atoms with van der Waals surface area (Å²) >= 11 is 12.1. The molecule has 1 aromatic carbocycles. The summed E-state index contributed by atoms with van der Waals surface area (Å²) in [4.78, 5) is 16.7. The largest absolute Gasteiger partial charge is 0.497 e. The van der Waals surface area contributed by atoms with Crippen molar-refractivity contribution in [3.8, 4) is 0 Å². The molecule has 1 amide bonds. The molecule has 156 valence electrons. The summed E-state index contributed by atoms with van der Waals surface area (Å²) in [5.74, 6) is 0.267. The highest BCUT2D eigenvalue weighted by Crippen LogP contribution is 2.28. The first-order valence-corrected chi connectivity index (χ1v) is 10.7. The van der Waals surface area contributed by atoms with E-state index in [1.807, 2.05) is 18.2 Å². The first kappa shape index (κ1) is 22.2. The van der Waals surface area contributed by atoms with E-state index in [-0.39, 0.29) is 18.2 Å². The molecule has 0 saturated carbocycles. The van der Waals surface area contributed by atoms with Crippen LogP contribution in [0, 0.1) is 0 Å². The third-order valence-corrected chi connectivity index (χ3v) is 5.18. The van der Waals surface area contributed by atoms with Crippen LogP contribution in [0.15, 0.2) is 65.5 Å². The fraction of sp³-hybridized carbons (Fsp3) is 0.304. The molecule has 0 radical (unpaired) electrons. The Balaban J connectivity index is 1.76. The van der Waals surface area contributed by atoms with E-state index < -0.39 is 0 Å². The van der Waals surface area contributed by atoms with E-state index >= 15 is 0 Å². The van der Waals surface area contributed by atoms with Gasteiger partial charge in [0.25, 0.3) is 5.91 Å². The lowest BCUT2D eigenvalue weighted by Gasteiger charge is -2.20. The van der Waals surface area contributed by atoms with Gasteiger partial charge in [0.15, 0.2) is 0 Å². The number of aliphatic imine (C=N–C) groups is 1. The molecule has 1 aliphatic rings. The number of amides is 1. The summed E-state index contributed by atoms with van der Waals surface area (Å²) in [6.07, 6.45) is 10.4. The maximum atomic E-state index is 12.5. The fourth-order valence-electron chi connectivity index (χ4n) is 3.05. The Kier molecular flexibility index (Phi) is 8.17. The van der Waals surface area contributed by atoms with Gasteiger partial charge in [-0.05, 0) is 42.3 Å². The smallest absolute Gasteiger partial charge is 0.250 e. The number of ether oxygens (including phenoxy) is 1. The second kappa shape index (κ2) is 11.0. The van der Waals surface area contributed by atoms with E-state index in [1.54, 1.807) is 36.5 Å². The fourth-order valence-corrected chi connectivity index (χ4v) is 3.53. The van der Waals surface area contributed by atoms with E-state index in [0.29, 0.717) is 33.7 Å². The van der Waals surface area contributed by atoms with Crippen LogP contribution in [0.5, 0.6) is 0 Å². The van der Waals surface area contributed by atoms with Gasteiger partial charge >= 0.3 is 0 Å². The first-order chi connectivity index (χ1) is 14.6. The minimum Gasteiger partial charge on any atom is -0.497 e. The molecule has 1 aromatic heterocycles. The third-order valence-electron chi connectivity index (χ3n) is 4.59. The maximum absolute atomic E-state index is 12.5. The second-order valence-electron chi connectivity index (χ2n) is 6.93. The summed E-state index contributed by atoms with van der Waals surface area (Å²) in [6, 6.07) is 8.81. The first-order valence-electron chi connectivity index (χ1n) is 9.92. The van der Waals surface area contributed by atoms with Crippen molar-refractivity contribution >= 4 is 34.8 Å². The topological polar surface area (TPSA) is 64.4 Å². The van der Waals surface area contributed by atoms with Gasteiger partial charge in [-0.3, -0.25) is 4.79 Å². The molecule has 3 rings (SSSR count). The van der Waals surface area contributed by atoms with Crippen LogP contribution in [0.25, 0.3) is 0 Å². The molecule has 0 bridgehead atoms. The van der Waals surface area contributed by atoms with Gasteiger partial charge in [-0.15, -0.1) is 0 Å². The van der Waals surface area contributed by atoms with Crippen LogP contribution in [0.2, 0.25) is 10.0 Å². The number of unbranched alkanes of at least 4 members (excludes halogenated alkanes) is 2. The van der Waals surface area contributed by atoms with Crippen LogP contribution < -0.4 is 0 Å². The van der Waals surface area contributed by atoms with Crippen LogP contribution in [-0.4, -0.2) is 28.4 Å². The zero-order chi connectivity index (χ0) is 21.3. The molecule has 1 aliphatic carbocycles. The summed E-state index contributed by atoms with van der Waals surface area (Å²) in [6.45, 7) is 2.75. The van der Waals surface area contributed by atoms with Crippen molar-refractivity contribution in [2.75, 3.05) is 6.61 Å². The van der Waals surface area contributed by atoms with Gasteiger partial charge in [-0.1, -0.05) is 55.1 Å². The molecule has 0 spiro atoms. The van der Waals surface area contributed by atoms with E-state index in [0.717, 1.165) is 25.0 Å². The molecule has 0 aliphatic heterocycles. The molecule has 1 unspecified atom stereocenters. The predicted octanol–water partition coefficient (Wildman–Crippen LogP) is 5.74. The van der Waals surface area contributed by atoms with Gasteiger partial charge in [-0.25, -0.2) is 4.99 Å². The second-order valence-corrected chi connectivity index (χ2v) is 7.77. The Morgan fingerprint density at radius 3 is 2.83 bits per heavy atom. The normalized spacial score (nSPS) is 17.1. The highest BCUT2D eigenvalue weighted by molar-refractivity contribution is 6.35. The van der Waals surface area contributed by atoms with Crippen LogP contribution in [0.3, 0.4) is 0 Å². The van der Waals surface area contributed by atoms with Crippen molar-refractivity contribution in [2.45, 2.75) is 38.5 Å². The monoisotopic (exact) mass is 443 g/mol. The van der Waals surface area contributed by atoms with Crippen molar-refractivity contribution in [3.63, 3.8) is 0 Å². The molecular formula is C23H23Cl2N3O2. The van der Waals surface area contributed by atoms with Crippen LogP contribution >= 0.6 is 23.2 Å². The van der Waals surface area contributed by atoms with Crippen molar-refractivity contribution in [1.82, 2.24) is 10.2 Å². The predicted molar refractivity (Wildman–Crippen MR) is 120 cm³/mol. The number of allylic oxidation sites excluding steroid dienone is 3. The number of benzene rings is 1. The zero-order valence-electron chi connectivity index (χ0n) is 16.7.